The molecule has 9 nitrogen and oxygen atoms in total. The van der Waals surface area contributed by atoms with E-state index in [2.05, 4.69) is 15.4 Å². The number of unbranched alkanes of at least 4 members (excludes halogenated alkanes) is 1. The van der Waals surface area contributed by atoms with E-state index in [1.165, 1.54) is 12.0 Å². The minimum absolute atomic E-state index is 0.201. The van der Waals surface area contributed by atoms with E-state index in [-0.39, 0.29) is 19.5 Å². The van der Waals surface area contributed by atoms with Gasteiger partial charge in [-0.25, -0.2) is 4.79 Å². The maximum Gasteiger partial charge on any atom is 0.408 e. The number of hydrogen-bond acceptors (Lipinski definition) is 6. The molecule has 0 heterocycles. The molecule has 0 aliphatic carbocycles. The molecule has 2 N–H and O–H groups in total. The molecule has 0 aliphatic rings. The SMILES string of the molecule is CCCCN(C(=O)C(Cc1ccccc1)NC(=O)OC(C)(C)C)C(C(=O)NCC(=O)OC)c1ccccc1. The summed E-state index contributed by atoms with van der Waals surface area (Å²) >= 11 is 0. The number of ether oxygens (including phenoxy) is 2. The van der Waals surface area contributed by atoms with Gasteiger partial charge in [0.15, 0.2) is 0 Å². The summed E-state index contributed by atoms with van der Waals surface area (Å²) in [4.78, 5) is 53.5. The highest BCUT2D eigenvalue weighted by Crippen LogP contribution is 2.24. The molecule has 206 valence electrons. The molecule has 0 spiro atoms. The summed E-state index contributed by atoms with van der Waals surface area (Å²) in [6.07, 6.45) is 0.878. The summed E-state index contributed by atoms with van der Waals surface area (Å²) in [5.41, 5.74) is 0.658. The molecule has 2 aromatic carbocycles. The quantitative estimate of drug-likeness (QED) is 0.408. The number of esters is 1. The fraction of sp³-hybridized carbons (Fsp3) is 0.448. The van der Waals surface area contributed by atoms with Crippen LogP contribution in [0, 0.1) is 0 Å². The Balaban J connectivity index is 2.48. The van der Waals surface area contributed by atoms with Crippen molar-refractivity contribution in [3.05, 3.63) is 71.8 Å². The van der Waals surface area contributed by atoms with Gasteiger partial charge in [0.1, 0.15) is 24.2 Å². The van der Waals surface area contributed by atoms with Gasteiger partial charge in [0.25, 0.3) is 0 Å². The van der Waals surface area contributed by atoms with Crippen molar-refractivity contribution in [1.29, 1.82) is 0 Å². The van der Waals surface area contributed by atoms with E-state index < -0.39 is 41.6 Å². The predicted molar refractivity (Wildman–Crippen MR) is 144 cm³/mol. The van der Waals surface area contributed by atoms with E-state index in [0.717, 1.165) is 12.0 Å². The molecule has 3 amide bonds. The van der Waals surface area contributed by atoms with Gasteiger partial charge in [0, 0.05) is 13.0 Å². The first-order valence-corrected chi connectivity index (χ1v) is 12.8. The van der Waals surface area contributed by atoms with Crippen LogP contribution in [0.1, 0.15) is 57.7 Å². The zero-order chi connectivity index (χ0) is 28.1. The molecule has 0 aliphatic heterocycles. The average Bonchev–Trinajstić information content (AvgIpc) is 2.88. The van der Waals surface area contributed by atoms with Crippen LogP contribution in [0.4, 0.5) is 4.79 Å². The number of carbonyl (C=O) groups excluding carboxylic acids is 4. The van der Waals surface area contributed by atoms with Crippen LogP contribution in [0.5, 0.6) is 0 Å². The Bertz CT molecular complexity index is 1050. The highest BCUT2D eigenvalue weighted by Gasteiger charge is 2.36. The largest absolute Gasteiger partial charge is 0.468 e. The van der Waals surface area contributed by atoms with Gasteiger partial charge in [-0.1, -0.05) is 74.0 Å². The van der Waals surface area contributed by atoms with Crippen molar-refractivity contribution in [2.75, 3.05) is 20.2 Å². The first-order chi connectivity index (χ1) is 18.1. The van der Waals surface area contributed by atoms with Crippen LogP contribution in [0.25, 0.3) is 0 Å². The fourth-order valence-electron chi connectivity index (χ4n) is 3.83. The lowest BCUT2D eigenvalue weighted by molar-refractivity contribution is -0.144. The second-order valence-electron chi connectivity index (χ2n) is 9.88. The predicted octanol–water partition coefficient (Wildman–Crippen LogP) is 3.78. The number of methoxy groups -OCH3 is 1. The Hall–Kier alpha value is -3.88. The van der Waals surface area contributed by atoms with Gasteiger partial charge in [-0.15, -0.1) is 0 Å². The van der Waals surface area contributed by atoms with E-state index in [9.17, 15) is 19.2 Å². The minimum Gasteiger partial charge on any atom is -0.468 e. The van der Waals surface area contributed by atoms with Crippen LogP contribution in [0.15, 0.2) is 60.7 Å². The third-order valence-corrected chi connectivity index (χ3v) is 5.62. The molecular weight excluding hydrogens is 486 g/mol. The Morgan fingerprint density at radius 3 is 2.11 bits per heavy atom. The Morgan fingerprint density at radius 2 is 1.55 bits per heavy atom. The van der Waals surface area contributed by atoms with Gasteiger partial charge in [-0.2, -0.15) is 0 Å². The van der Waals surface area contributed by atoms with Gasteiger partial charge in [0.2, 0.25) is 11.8 Å². The van der Waals surface area contributed by atoms with Crippen molar-refractivity contribution >= 4 is 23.9 Å². The smallest absolute Gasteiger partial charge is 0.408 e. The van der Waals surface area contributed by atoms with E-state index >= 15 is 0 Å². The van der Waals surface area contributed by atoms with Crippen LogP contribution in [-0.4, -0.2) is 60.6 Å². The Morgan fingerprint density at radius 1 is 0.947 bits per heavy atom. The standard InChI is InChI=1S/C29H39N3O6/c1-6-7-18-32(25(22-16-12-9-13-17-22)26(34)30-20-24(33)37-5)27(35)23(19-21-14-10-8-11-15-21)31-28(36)38-29(2,3)4/h8-17,23,25H,6-7,18-20H2,1-5H3,(H,30,34)(H,31,36). The van der Waals surface area contributed by atoms with Crippen LogP contribution < -0.4 is 10.6 Å². The van der Waals surface area contributed by atoms with E-state index in [0.29, 0.717) is 12.0 Å². The van der Waals surface area contributed by atoms with Crippen molar-refractivity contribution in [3.8, 4) is 0 Å². The molecule has 38 heavy (non-hydrogen) atoms. The van der Waals surface area contributed by atoms with Gasteiger partial charge in [-0.3, -0.25) is 14.4 Å². The molecule has 0 radical (unpaired) electrons. The average molecular weight is 526 g/mol. The summed E-state index contributed by atoms with van der Waals surface area (Å²) in [6, 6.07) is 16.2. The molecule has 0 aromatic heterocycles. The number of nitrogens with one attached hydrogen (secondary N) is 2. The normalized spacial score (nSPS) is 12.6. The molecule has 2 atom stereocenters. The maximum atomic E-state index is 14.2. The third kappa shape index (κ3) is 9.88. The second kappa shape index (κ2) is 14.8. The zero-order valence-corrected chi connectivity index (χ0v) is 22.9. The Kier molecular flexibility index (Phi) is 11.8. The van der Waals surface area contributed by atoms with Crippen molar-refractivity contribution in [3.63, 3.8) is 0 Å². The lowest BCUT2D eigenvalue weighted by Crippen LogP contribution is -2.54. The number of carbonyl (C=O) groups is 4. The molecule has 0 bridgehead atoms. The zero-order valence-electron chi connectivity index (χ0n) is 22.9. The second-order valence-corrected chi connectivity index (χ2v) is 9.88. The molecule has 2 rings (SSSR count). The number of benzene rings is 2. The van der Waals surface area contributed by atoms with Crippen molar-refractivity contribution in [1.82, 2.24) is 15.5 Å². The summed E-state index contributed by atoms with van der Waals surface area (Å²) < 4.78 is 10.1. The summed E-state index contributed by atoms with van der Waals surface area (Å²) in [5.74, 6) is -1.57. The van der Waals surface area contributed by atoms with Crippen molar-refractivity contribution < 1.29 is 28.7 Å². The maximum absolute atomic E-state index is 14.2. The van der Waals surface area contributed by atoms with Gasteiger partial charge in [-0.05, 0) is 38.3 Å². The van der Waals surface area contributed by atoms with Crippen LogP contribution in [0.2, 0.25) is 0 Å². The molecule has 0 saturated heterocycles. The number of amides is 3. The van der Waals surface area contributed by atoms with Gasteiger partial charge < -0.3 is 25.0 Å². The van der Waals surface area contributed by atoms with Crippen molar-refractivity contribution in [2.45, 2.75) is 64.6 Å². The molecule has 2 unspecified atom stereocenters. The third-order valence-electron chi connectivity index (χ3n) is 5.62. The lowest BCUT2D eigenvalue weighted by Gasteiger charge is -2.34. The molecular formula is C29H39N3O6. The number of rotatable bonds is 12. The molecule has 2 aromatic rings. The molecule has 0 fully saturated rings. The summed E-state index contributed by atoms with van der Waals surface area (Å²) in [5, 5.41) is 5.31. The fourth-order valence-corrected chi connectivity index (χ4v) is 3.83. The number of nitrogens with zero attached hydrogens (tertiary/aromatic N) is 1. The van der Waals surface area contributed by atoms with Gasteiger partial charge >= 0.3 is 12.1 Å². The number of hydrogen-bond donors (Lipinski definition) is 2. The lowest BCUT2D eigenvalue weighted by atomic mass is 10.00. The van der Waals surface area contributed by atoms with E-state index in [1.54, 1.807) is 45.0 Å². The Labute approximate surface area is 224 Å². The highest BCUT2D eigenvalue weighted by molar-refractivity contribution is 5.93. The molecule has 0 saturated carbocycles. The summed E-state index contributed by atoms with van der Waals surface area (Å²) in [6.45, 7) is 7.14. The monoisotopic (exact) mass is 525 g/mol. The van der Waals surface area contributed by atoms with E-state index in [1.807, 2.05) is 43.3 Å². The first-order valence-electron chi connectivity index (χ1n) is 12.8. The van der Waals surface area contributed by atoms with Crippen molar-refractivity contribution in [2.24, 2.45) is 0 Å². The minimum atomic E-state index is -1.03. The summed E-state index contributed by atoms with van der Waals surface area (Å²) in [7, 11) is 1.23. The number of alkyl carbamates (subject to hydrolysis) is 1. The topological polar surface area (TPSA) is 114 Å². The van der Waals surface area contributed by atoms with E-state index in [4.69, 9.17) is 4.74 Å². The van der Waals surface area contributed by atoms with Gasteiger partial charge in [0.05, 0.1) is 7.11 Å². The van der Waals surface area contributed by atoms with Crippen LogP contribution in [-0.2, 0) is 30.3 Å². The first kappa shape index (κ1) is 30.3. The van der Waals surface area contributed by atoms with Crippen LogP contribution in [0.3, 0.4) is 0 Å². The highest BCUT2D eigenvalue weighted by atomic mass is 16.6. The molecule has 9 heteroatoms. The van der Waals surface area contributed by atoms with Crippen LogP contribution >= 0.6 is 0 Å².